The first-order chi connectivity index (χ1) is 40.1. The van der Waals surface area contributed by atoms with Gasteiger partial charge in [-0.2, -0.15) is 0 Å². The van der Waals surface area contributed by atoms with Gasteiger partial charge in [-0.25, -0.2) is 0 Å². The van der Waals surface area contributed by atoms with E-state index < -0.39 is 45.6 Å². The van der Waals surface area contributed by atoms with E-state index in [9.17, 15) is 49.2 Å². The summed E-state index contributed by atoms with van der Waals surface area (Å²) in [5.74, 6) is -0.616. The summed E-state index contributed by atoms with van der Waals surface area (Å²) < 4.78 is 6.08. The highest BCUT2D eigenvalue weighted by Crippen LogP contribution is 2.44. The van der Waals surface area contributed by atoms with Gasteiger partial charge in [0.2, 0.25) is 5.78 Å². The number of aliphatic hydroxyl groups is 4. The average Bonchev–Trinajstić information content (AvgIpc) is 1.30. The fourth-order valence-corrected chi connectivity index (χ4v) is 12.4. The Morgan fingerprint density at radius 2 is 1.05 bits per heavy atom. The second-order valence-electron chi connectivity index (χ2n) is 27.3. The lowest BCUT2D eigenvalue weighted by atomic mass is 9.75. The number of Topliss-reactive ketones (excluding diaryl/α,β-unsaturated/α-hetero) is 1. The first kappa shape index (κ1) is 69.1. The van der Waals surface area contributed by atoms with Crippen LogP contribution in [-0.2, 0) is 58.4 Å². The molecule has 86 heavy (non-hydrogen) atoms. The molecule has 16 heteroatoms. The molecule has 2 aromatic heterocycles. The molecule has 3 aromatic carbocycles. The van der Waals surface area contributed by atoms with E-state index >= 15 is 0 Å². The van der Waals surface area contributed by atoms with Crippen LogP contribution in [0.15, 0.2) is 120 Å². The van der Waals surface area contributed by atoms with Crippen molar-refractivity contribution in [1.82, 2.24) is 18.3 Å². The van der Waals surface area contributed by atoms with Gasteiger partial charge < -0.3 is 34.5 Å². The normalized spacial score (nSPS) is 17.8. The molecule has 1 amide bonds. The summed E-state index contributed by atoms with van der Waals surface area (Å²) in [5, 5.41) is 42.5. The van der Waals surface area contributed by atoms with Gasteiger partial charge in [0, 0.05) is 37.9 Å². The summed E-state index contributed by atoms with van der Waals surface area (Å²) in [6.07, 6.45) is 13.5. The summed E-state index contributed by atoms with van der Waals surface area (Å²) in [7, 11) is 0. The fraction of sp³-hybridized carbons (Fsp3) is 0.543. The van der Waals surface area contributed by atoms with Crippen LogP contribution in [-0.4, -0.2) is 85.7 Å². The molecule has 0 bridgehead atoms. The number of carbonyl (C=O) groups excluding carboxylic acids is 2. The van der Waals surface area contributed by atoms with Gasteiger partial charge in [-0.15, -0.1) is 0 Å². The van der Waals surface area contributed by atoms with Gasteiger partial charge in [0.15, 0.2) is 0 Å². The van der Waals surface area contributed by atoms with Gasteiger partial charge >= 0.3 is 22.2 Å². The Kier molecular flexibility index (Phi) is 22.5. The topological polar surface area (TPSA) is 206 Å². The van der Waals surface area contributed by atoms with Gasteiger partial charge in [0.25, 0.3) is 5.91 Å². The lowest BCUT2D eigenvalue weighted by molar-refractivity contribution is -0.136. The van der Waals surface area contributed by atoms with Crippen LogP contribution in [0.25, 0.3) is 22.1 Å². The van der Waals surface area contributed by atoms with E-state index in [1.165, 1.54) is 70.6 Å². The van der Waals surface area contributed by atoms with Crippen LogP contribution in [0.3, 0.4) is 0 Å². The molecular formula is C70H96BrN5O10. The molecule has 0 radical (unpaired) electrons. The number of anilines is 1. The van der Waals surface area contributed by atoms with E-state index in [4.69, 9.17) is 0 Å². The van der Waals surface area contributed by atoms with Crippen LogP contribution in [0.5, 0.6) is 0 Å². The summed E-state index contributed by atoms with van der Waals surface area (Å²) in [6, 6.07) is 17.6. The second kappa shape index (κ2) is 28.0. The molecule has 468 valence electrons. The molecular weight excluding hydrogens is 1150 g/mol. The van der Waals surface area contributed by atoms with Crippen LogP contribution >= 0.6 is 15.9 Å². The summed E-state index contributed by atoms with van der Waals surface area (Å²) in [5.41, 5.74) is 8.52. The number of carbonyl (C=O) groups is 2. The van der Waals surface area contributed by atoms with Gasteiger partial charge in [-0.05, 0) is 171 Å². The van der Waals surface area contributed by atoms with Gasteiger partial charge in [0.05, 0.1) is 51.6 Å². The van der Waals surface area contributed by atoms with Crippen molar-refractivity contribution in [3.8, 4) is 0 Å². The third kappa shape index (κ3) is 16.0. The number of halogens is 1. The molecule has 6 heterocycles. The molecule has 0 saturated carbocycles. The van der Waals surface area contributed by atoms with Gasteiger partial charge in [0.1, 0.15) is 6.10 Å². The van der Waals surface area contributed by atoms with Crippen molar-refractivity contribution in [3.63, 3.8) is 0 Å². The third-order valence-electron chi connectivity index (χ3n) is 17.8. The molecule has 4 aliphatic heterocycles. The van der Waals surface area contributed by atoms with Crippen LogP contribution < -0.4 is 27.1 Å². The Bertz CT molecular complexity index is 3700. The molecule has 9 rings (SSSR count). The number of hydrogen-bond donors (Lipinski definition) is 4. The van der Waals surface area contributed by atoms with Crippen LogP contribution in [0.1, 0.15) is 184 Å². The Hall–Kier alpha value is -6.04. The lowest BCUT2D eigenvalue weighted by Gasteiger charge is -2.41. The fourth-order valence-electron chi connectivity index (χ4n) is 11.8. The van der Waals surface area contributed by atoms with Crippen molar-refractivity contribution in [2.45, 2.75) is 234 Å². The molecule has 4 aliphatic rings. The van der Waals surface area contributed by atoms with Crippen LogP contribution in [0, 0.1) is 0 Å². The number of aromatic nitrogens is 4. The number of aliphatic hydroxyl groups excluding tert-OH is 2. The monoisotopic (exact) mass is 1250 g/mol. The van der Waals surface area contributed by atoms with Crippen molar-refractivity contribution < 1.29 is 30.0 Å². The number of alkyl halides is 1. The van der Waals surface area contributed by atoms with E-state index in [-0.39, 0.29) is 53.7 Å². The van der Waals surface area contributed by atoms with Crippen molar-refractivity contribution in [2.24, 2.45) is 0 Å². The zero-order valence-electron chi connectivity index (χ0n) is 53.8. The molecule has 15 nitrogen and oxygen atoms in total. The lowest BCUT2D eigenvalue weighted by Crippen LogP contribution is -2.49. The van der Waals surface area contributed by atoms with E-state index in [1.54, 1.807) is 20.1 Å². The standard InChI is InChI=1S/C23H34N2O6.C23H30N2O2.C14H15NO2.C10H17Br/c1-21(2)11-12-24-18-14(21)7-6-8-15(18)25(20(29)19(24)28)13-17(27)23(5,31)10-9-16(26)22(3,4)30;1-16(2)8-6-9-17(3)12-14-24-19-11-7-10-18-20(19)25(22(27)21(24)26)15-13-23(18,4)5;1-14(2)6-7-15-12-9(4-3-5-10(12)14)8-11(16)13(15)17;1-9(2)5-4-6-10(3)7-8-11/h6-8,16-17,26-27,30-31H,9-13H2,1-5H3;7-8,10-12H,6,9,13-15H2,1-5H3;3-5H,6-8H2,1-2H3;5,7H,4,6,8H2,1-3H3/b;17-12+;;10-7+. The molecule has 3 unspecified atom stereocenters. The van der Waals surface area contributed by atoms with Crippen LogP contribution in [0.4, 0.5) is 5.69 Å². The minimum Gasteiger partial charge on any atom is -0.390 e. The number of para-hydroxylation sites is 3. The Labute approximate surface area is 516 Å². The van der Waals surface area contributed by atoms with Gasteiger partial charge in [-0.1, -0.05) is 147 Å². The first-order valence-corrected chi connectivity index (χ1v) is 31.6. The number of ketones is 1. The van der Waals surface area contributed by atoms with Crippen molar-refractivity contribution in [2.75, 3.05) is 16.8 Å². The highest BCUT2D eigenvalue weighted by molar-refractivity contribution is 9.09. The van der Waals surface area contributed by atoms with Crippen molar-refractivity contribution in [1.29, 1.82) is 0 Å². The van der Waals surface area contributed by atoms with E-state index in [2.05, 4.69) is 135 Å². The van der Waals surface area contributed by atoms with E-state index in [0.717, 1.165) is 70.8 Å². The predicted octanol–water partition coefficient (Wildman–Crippen LogP) is 11.3. The Balaban J connectivity index is 0.000000195. The Morgan fingerprint density at radius 1 is 0.593 bits per heavy atom. The highest BCUT2D eigenvalue weighted by atomic mass is 79.9. The van der Waals surface area contributed by atoms with E-state index in [1.807, 2.05) is 36.4 Å². The number of rotatable bonds is 16. The number of aryl methyl sites for hydroxylation is 2. The second-order valence-corrected chi connectivity index (χ2v) is 28.0. The molecule has 3 atom stereocenters. The maximum absolute atomic E-state index is 12.9. The minimum atomic E-state index is -1.64. The predicted molar refractivity (Wildman–Crippen MR) is 352 cm³/mol. The summed E-state index contributed by atoms with van der Waals surface area (Å²) in [4.78, 5) is 76.4. The van der Waals surface area contributed by atoms with Crippen LogP contribution in [0.2, 0.25) is 0 Å². The van der Waals surface area contributed by atoms with E-state index in [0.29, 0.717) is 37.2 Å². The highest BCUT2D eigenvalue weighted by Gasteiger charge is 2.41. The summed E-state index contributed by atoms with van der Waals surface area (Å²) >= 11 is 3.38. The minimum absolute atomic E-state index is 0.00134. The van der Waals surface area contributed by atoms with Gasteiger partial charge in [-0.3, -0.25) is 37.9 Å². The largest absolute Gasteiger partial charge is 0.390 e. The molecule has 0 aliphatic carbocycles. The summed E-state index contributed by atoms with van der Waals surface area (Å²) in [6.45, 7) is 32.0. The maximum Gasteiger partial charge on any atom is 0.317 e. The SMILES string of the molecule is CC(C)=CCC/C(C)=C/CBr.CC(C)=CCC/C(C)=C/Cn1c(=O)c(=O)n2c3c(cccc31)C(C)(C)CC2.CC1(C)CCN2C(=O)C(=O)Cc3cccc1c32.CC1(C)CCn2c(=O)c(=O)n(CC(O)C(C)(O)CCC(O)C(C)(C)O)c3cccc1c32. The number of benzene rings is 3. The zero-order valence-corrected chi connectivity index (χ0v) is 55.4. The van der Waals surface area contributed by atoms with Crippen molar-refractivity contribution >= 4 is 55.4 Å². The molecule has 0 fully saturated rings. The molecule has 0 saturated heterocycles. The third-order valence-corrected chi connectivity index (χ3v) is 18.2. The van der Waals surface area contributed by atoms with Crippen molar-refractivity contribution in [3.05, 3.63) is 165 Å². The Morgan fingerprint density at radius 3 is 1.55 bits per heavy atom. The number of nitrogens with zero attached hydrogens (tertiary/aromatic N) is 5. The quantitative estimate of drug-likeness (QED) is 0.0418. The number of allylic oxidation sites excluding steroid dienone is 8. The molecule has 0 spiro atoms. The smallest absolute Gasteiger partial charge is 0.317 e. The first-order valence-electron chi connectivity index (χ1n) is 30.5. The molecule has 4 N–H and O–H groups in total. The maximum atomic E-state index is 12.9. The molecule has 5 aromatic rings. The number of hydrogen-bond acceptors (Lipinski definition) is 10. The average molecular weight is 1250 g/mol. The number of amides is 1. The zero-order chi connectivity index (χ0) is 64.0.